The number of hydrogen-bond donors (Lipinski definition) is 2. The van der Waals surface area contributed by atoms with Gasteiger partial charge in [-0.05, 0) is 48.4 Å². The first kappa shape index (κ1) is 23.6. The largest absolute Gasteiger partial charge is 0.481 e. The summed E-state index contributed by atoms with van der Waals surface area (Å²) in [4.78, 5) is 21.8. The number of carboxylic acids is 1. The highest BCUT2D eigenvalue weighted by molar-refractivity contribution is 7.10. The highest BCUT2D eigenvalue weighted by Gasteiger charge is 2.38. The number of aromatic nitrogens is 3. The predicted octanol–water partition coefficient (Wildman–Crippen LogP) is 5.39. The average Bonchev–Trinajstić information content (AvgIpc) is 3.09. The summed E-state index contributed by atoms with van der Waals surface area (Å²) in [6.07, 6.45) is 2.45. The van der Waals surface area contributed by atoms with Crippen molar-refractivity contribution in [1.82, 2.24) is 14.3 Å². The number of alkyl halides is 2. The number of carbonyl (C=O) groups is 1. The Morgan fingerprint density at radius 2 is 2.13 bits per heavy atom. The highest BCUT2D eigenvalue weighted by Crippen LogP contribution is 2.39. The molecule has 0 atom stereocenters. The number of anilines is 3. The van der Waals surface area contributed by atoms with Crippen LogP contribution in [0.5, 0.6) is 0 Å². The van der Waals surface area contributed by atoms with Crippen LogP contribution in [-0.4, -0.2) is 43.9 Å². The van der Waals surface area contributed by atoms with Crippen LogP contribution in [0.25, 0.3) is 0 Å². The van der Waals surface area contributed by atoms with E-state index in [-0.39, 0.29) is 30.6 Å². The van der Waals surface area contributed by atoms with E-state index in [0.717, 1.165) is 17.1 Å². The summed E-state index contributed by atoms with van der Waals surface area (Å²) in [5.74, 6) is -2.58. The van der Waals surface area contributed by atoms with Crippen LogP contribution in [0.4, 0.5) is 25.4 Å². The Balaban J connectivity index is 1.94. The number of pyridine rings is 1. The van der Waals surface area contributed by atoms with Gasteiger partial charge in [0.15, 0.2) is 5.82 Å². The lowest BCUT2D eigenvalue weighted by Gasteiger charge is -2.39. The number of nitrogens with one attached hydrogen (secondary N) is 1. The monoisotopic (exact) mass is 473 g/mol. The van der Waals surface area contributed by atoms with Gasteiger partial charge in [0.25, 0.3) is 0 Å². The molecule has 11 heteroatoms. The molecule has 3 rings (SSSR count). The number of aryl methyl sites for hydroxylation is 1. The zero-order valence-corrected chi connectivity index (χ0v) is 19.0. The lowest BCUT2D eigenvalue weighted by Crippen LogP contribution is -2.43. The first-order valence-electron chi connectivity index (χ1n) is 10.2. The molecule has 0 saturated heterocycles. The summed E-state index contributed by atoms with van der Waals surface area (Å²) in [6.45, 7) is 4.80. The topological polar surface area (TPSA) is 91.2 Å². The van der Waals surface area contributed by atoms with Crippen molar-refractivity contribution in [3.63, 3.8) is 0 Å². The zero-order chi connectivity index (χ0) is 22.6. The standard InChI is InChI=1S/C20H26ClF2N5O2S/c1-12(2)11-28(14-5-7-20(22,23)8-6-14)17-15(25-19-26-18(21)27-31-19)9-13(10-24-17)3-4-16(29)30/h9-10,12,14H,3-8,11H2,1-2H3,(H,29,30)(H,25,26,27). The molecule has 1 fully saturated rings. The number of aliphatic carboxylic acids is 1. The third-order valence-electron chi connectivity index (χ3n) is 5.15. The zero-order valence-electron chi connectivity index (χ0n) is 17.4. The van der Waals surface area contributed by atoms with Gasteiger partial charge >= 0.3 is 5.97 Å². The summed E-state index contributed by atoms with van der Waals surface area (Å²) >= 11 is 6.94. The molecule has 0 radical (unpaired) electrons. The van der Waals surface area contributed by atoms with Crippen LogP contribution in [0.15, 0.2) is 12.3 Å². The first-order valence-corrected chi connectivity index (χ1v) is 11.4. The first-order chi connectivity index (χ1) is 14.6. The maximum atomic E-state index is 13.8. The molecular formula is C20H26ClF2N5O2S. The van der Waals surface area contributed by atoms with E-state index in [2.05, 4.69) is 38.4 Å². The molecule has 0 unspecified atom stereocenters. The van der Waals surface area contributed by atoms with Crippen molar-refractivity contribution in [3.05, 3.63) is 23.1 Å². The molecule has 2 heterocycles. The van der Waals surface area contributed by atoms with Gasteiger partial charge in [0.2, 0.25) is 16.3 Å². The van der Waals surface area contributed by atoms with Gasteiger partial charge in [-0.2, -0.15) is 9.36 Å². The van der Waals surface area contributed by atoms with Crippen molar-refractivity contribution in [2.45, 2.75) is 64.3 Å². The van der Waals surface area contributed by atoms with E-state index in [4.69, 9.17) is 16.7 Å². The summed E-state index contributed by atoms with van der Waals surface area (Å²) < 4.78 is 31.5. The van der Waals surface area contributed by atoms with Crippen LogP contribution < -0.4 is 10.2 Å². The van der Waals surface area contributed by atoms with E-state index in [0.29, 0.717) is 48.4 Å². The predicted molar refractivity (Wildman–Crippen MR) is 118 cm³/mol. The van der Waals surface area contributed by atoms with Crippen LogP contribution in [0, 0.1) is 5.92 Å². The van der Waals surface area contributed by atoms with Crippen LogP contribution in [-0.2, 0) is 11.2 Å². The number of hydrogen-bond acceptors (Lipinski definition) is 7. The third-order valence-corrected chi connectivity index (χ3v) is 6.05. The normalized spacial score (nSPS) is 16.5. The quantitative estimate of drug-likeness (QED) is 0.504. The number of carboxylic acid groups (broad SMARTS) is 1. The van der Waals surface area contributed by atoms with E-state index in [9.17, 15) is 13.6 Å². The molecule has 170 valence electrons. The maximum absolute atomic E-state index is 13.8. The molecule has 2 N–H and O–H groups in total. The smallest absolute Gasteiger partial charge is 0.303 e. The summed E-state index contributed by atoms with van der Waals surface area (Å²) in [5, 5.41) is 12.8. The Kier molecular flexibility index (Phi) is 7.64. The van der Waals surface area contributed by atoms with Gasteiger partial charge in [0, 0.05) is 49.6 Å². The number of halogens is 3. The van der Waals surface area contributed by atoms with Crippen molar-refractivity contribution in [2.75, 3.05) is 16.8 Å². The van der Waals surface area contributed by atoms with E-state index < -0.39 is 11.9 Å². The third kappa shape index (κ3) is 6.70. The van der Waals surface area contributed by atoms with Gasteiger partial charge in [-0.1, -0.05) is 13.8 Å². The van der Waals surface area contributed by atoms with Gasteiger partial charge in [-0.15, -0.1) is 0 Å². The molecule has 0 spiro atoms. The molecule has 1 aliphatic rings. The molecule has 0 bridgehead atoms. The number of nitrogens with zero attached hydrogens (tertiary/aromatic N) is 4. The Bertz CT molecular complexity index is 901. The minimum atomic E-state index is -2.61. The molecule has 2 aromatic heterocycles. The Labute approximate surface area is 189 Å². The Morgan fingerprint density at radius 3 is 2.71 bits per heavy atom. The molecule has 0 aromatic carbocycles. The van der Waals surface area contributed by atoms with E-state index in [1.807, 2.05) is 6.07 Å². The van der Waals surface area contributed by atoms with Gasteiger partial charge in [-0.3, -0.25) is 4.79 Å². The van der Waals surface area contributed by atoms with Crippen LogP contribution in [0.3, 0.4) is 0 Å². The van der Waals surface area contributed by atoms with E-state index in [1.54, 1.807) is 6.20 Å². The molecule has 1 saturated carbocycles. The van der Waals surface area contributed by atoms with E-state index in [1.165, 1.54) is 0 Å². The van der Waals surface area contributed by atoms with Crippen molar-refractivity contribution in [1.29, 1.82) is 0 Å². The molecule has 0 aliphatic heterocycles. The summed E-state index contributed by atoms with van der Waals surface area (Å²) in [5.41, 5.74) is 1.39. The van der Waals surface area contributed by atoms with Crippen molar-refractivity contribution < 1.29 is 18.7 Å². The molecule has 0 amide bonds. The molecule has 2 aromatic rings. The molecule has 1 aliphatic carbocycles. The summed E-state index contributed by atoms with van der Waals surface area (Å²) in [6, 6.07) is 1.78. The molecule has 7 nitrogen and oxygen atoms in total. The SMILES string of the molecule is CC(C)CN(c1ncc(CCC(=O)O)cc1Nc1nc(Cl)ns1)C1CCC(F)(F)CC1. The molecular weight excluding hydrogens is 448 g/mol. The van der Waals surface area contributed by atoms with Gasteiger partial charge in [0.05, 0.1) is 5.69 Å². The fourth-order valence-electron chi connectivity index (χ4n) is 3.72. The Hall–Kier alpha value is -2.07. The van der Waals surface area contributed by atoms with Crippen LogP contribution in [0.1, 0.15) is 51.5 Å². The molecule has 31 heavy (non-hydrogen) atoms. The Morgan fingerprint density at radius 1 is 1.42 bits per heavy atom. The van der Waals surface area contributed by atoms with E-state index >= 15 is 0 Å². The van der Waals surface area contributed by atoms with Crippen LogP contribution >= 0.6 is 23.1 Å². The maximum Gasteiger partial charge on any atom is 0.303 e. The van der Waals surface area contributed by atoms with Gasteiger partial charge in [-0.25, -0.2) is 13.8 Å². The fraction of sp³-hybridized carbons (Fsp3) is 0.600. The fourth-order valence-corrected chi connectivity index (χ4v) is 4.44. The van der Waals surface area contributed by atoms with Gasteiger partial charge in [0.1, 0.15) is 0 Å². The second-order valence-electron chi connectivity index (χ2n) is 8.24. The second kappa shape index (κ2) is 10.0. The lowest BCUT2D eigenvalue weighted by molar-refractivity contribution is -0.136. The number of rotatable bonds is 9. The van der Waals surface area contributed by atoms with Crippen molar-refractivity contribution in [2.24, 2.45) is 5.92 Å². The van der Waals surface area contributed by atoms with Gasteiger partial charge < -0.3 is 15.3 Å². The highest BCUT2D eigenvalue weighted by atomic mass is 35.5. The summed E-state index contributed by atoms with van der Waals surface area (Å²) in [7, 11) is 0. The average molecular weight is 474 g/mol. The second-order valence-corrected chi connectivity index (χ2v) is 9.33. The minimum Gasteiger partial charge on any atom is -0.481 e. The van der Waals surface area contributed by atoms with Crippen molar-refractivity contribution in [3.8, 4) is 0 Å². The lowest BCUT2D eigenvalue weighted by atomic mass is 9.90. The van der Waals surface area contributed by atoms with Crippen molar-refractivity contribution >= 4 is 45.7 Å². The minimum absolute atomic E-state index is 0.0154. The van der Waals surface area contributed by atoms with Crippen LogP contribution in [0.2, 0.25) is 5.28 Å².